The van der Waals surface area contributed by atoms with Gasteiger partial charge in [-0.05, 0) is 36.6 Å². The molecule has 2 N–H and O–H groups in total. The maximum atomic E-state index is 5.92. The molecule has 0 saturated heterocycles. The van der Waals surface area contributed by atoms with Gasteiger partial charge in [0, 0.05) is 45.5 Å². The van der Waals surface area contributed by atoms with E-state index in [-0.39, 0.29) is 6.10 Å². The van der Waals surface area contributed by atoms with Gasteiger partial charge in [0.1, 0.15) is 0 Å². The number of hydrogen-bond donors (Lipinski definition) is 2. The number of rotatable bonds is 9. The van der Waals surface area contributed by atoms with E-state index in [9.17, 15) is 0 Å². The van der Waals surface area contributed by atoms with Crippen molar-refractivity contribution < 1.29 is 4.74 Å². The number of ether oxygens (including phenoxy) is 1. The fourth-order valence-electron chi connectivity index (χ4n) is 3.32. The summed E-state index contributed by atoms with van der Waals surface area (Å²) in [6.07, 6.45) is 5.46. The van der Waals surface area contributed by atoms with Gasteiger partial charge < -0.3 is 20.3 Å². The van der Waals surface area contributed by atoms with Crippen molar-refractivity contribution in [1.82, 2.24) is 10.6 Å². The Kier molecular flexibility index (Phi) is 8.13. The Balaban J connectivity index is 1.35. The topological polar surface area (TPSA) is 48.9 Å². The van der Waals surface area contributed by atoms with Crippen LogP contribution in [0.1, 0.15) is 30.6 Å². The lowest BCUT2D eigenvalue weighted by molar-refractivity contribution is 0.0646. The Bertz CT molecular complexity index is 796. The SMILES string of the molecule is CN=C(NCCCOC(C)c1ccccc1)NCc1cccc(N2CC=CC2)c1. The van der Waals surface area contributed by atoms with Crippen LogP contribution in [-0.4, -0.2) is 39.2 Å². The van der Waals surface area contributed by atoms with Crippen molar-refractivity contribution in [1.29, 1.82) is 0 Å². The average Bonchev–Trinajstić information content (AvgIpc) is 3.31. The van der Waals surface area contributed by atoms with Gasteiger partial charge in [-0.3, -0.25) is 4.99 Å². The van der Waals surface area contributed by atoms with Gasteiger partial charge in [0.2, 0.25) is 0 Å². The van der Waals surface area contributed by atoms with Crippen LogP contribution in [0.15, 0.2) is 71.7 Å². The molecule has 1 aliphatic heterocycles. The fraction of sp³-hybridized carbons (Fsp3) is 0.375. The molecule has 1 unspecified atom stereocenters. The first-order valence-electron chi connectivity index (χ1n) is 10.4. The second-order valence-electron chi connectivity index (χ2n) is 7.18. The van der Waals surface area contributed by atoms with Crippen molar-refractivity contribution in [2.75, 3.05) is 38.2 Å². The van der Waals surface area contributed by atoms with Crippen molar-refractivity contribution in [2.24, 2.45) is 4.99 Å². The normalized spacial score (nSPS) is 14.8. The van der Waals surface area contributed by atoms with E-state index in [1.807, 2.05) is 18.2 Å². The van der Waals surface area contributed by atoms with Crippen LogP contribution in [0.4, 0.5) is 5.69 Å². The van der Waals surface area contributed by atoms with Crippen LogP contribution in [-0.2, 0) is 11.3 Å². The minimum atomic E-state index is 0.117. The van der Waals surface area contributed by atoms with E-state index in [2.05, 4.69) is 76.0 Å². The van der Waals surface area contributed by atoms with Crippen LogP contribution >= 0.6 is 0 Å². The molecule has 0 bridgehead atoms. The fourth-order valence-corrected chi connectivity index (χ4v) is 3.32. The molecule has 2 aromatic carbocycles. The predicted octanol–water partition coefficient (Wildman–Crippen LogP) is 3.90. The van der Waals surface area contributed by atoms with E-state index in [1.54, 1.807) is 7.05 Å². The molecular weight excluding hydrogens is 360 g/mol. The molecule has 0 aliphatic carbocycles. The Hall–Kier alpha value is -2.79. The summed E-state index contributed by atoms with van der Waals surface area (Å²) >= 11 is 0. The number of aliphatic imine (C=N–C) groups is 1. The van der Waals surface area contributed by atoms with E-state index >= 15 is 0 Å². The molecule has 0 fully saturated rings. The molecule has 5 nitrogen and oxygen atoms in total. The summed E-state index contributed by atoms with van der Waals surface area (Å²) < 4.78 is 5.92. The number of anilines is 1. The summed E-state index contributed by atoms with van der Waals surface area (Å²) in [5.74, 6) is 0.814. The van der Waals surface area contributed by atoms with Gasteiger partial charge in [-0.1, -0.05) is 54.6 Å². The van der Waals surface area contributed by atoms with Crippen LogP contribution in [0.25, 0.3) is 0 Å². The molecule has 1 atom stereocenters. The zero-order chi connectivity index (χ0) is 20.3. The third kappa shape index (κ3) is 6.64. The highest BCUT2D eigenvalue weighted by Gasteiger charge is 2.08. The van der Waals surface area contributed by atoms with Crippen LogP contribution in [0.3, 0.4) is 0 Å². The maximum Gasteiger partial charge on any atom is 0.191 e. The lowest BCUT2D eigenvalue weighted by Gasteiger charge is -2.19. The van der Waals surface area contributed by atoms with Crippen molar-refractivity contribution in [3.8, 4) is 0 Å². The predicted molar refractivity (Wildman–Crippen MR) is 121 cm³/mol. The summed E-state index contributed by atoms with van der Waals surface area (Å²) in [4.78, 5) is 6.67. The summed E-state index contributed by atoms with van der Waals surface area (Å²) in [6.45, 7) is 6.36. The average molecular weight is 393 g/mol. The minimum absolute atomic E-state index is 0.117. The highest BCUT2D eigenvalue weighted by atomic mass is 16.5. The summed E-state index contributed by atoms with van der Waals surface area (Å²) in [7, 11) is 1.80. The molecule has 154 valence electrons. The van der Waals surface area contributed by atoms with Crippen LogP contribution in [0.5, 0.6) is 0 Å². The maximum absolute atomic E-state index is 5.92. The van der Waals surface area contributed by atoms with Crippen molar-refractivity contribution in [3.05, 3.63) is 77.9 Å². The van der Waals surface area contributed by atoms with E-state index in [1.165, 1.54) is 16.8 Å². The molecule has 5 heteroatoms. The van der Waals surface area contributed by atoms with Crippen LogP contribution < -0.4 is 15.5 Å². The Morgan fingerprint density at radius 2 is 1.86 bits per heavy atom. The van der Waals surface area contributed by atoms with Gasteiger partial charge in [-0.15, -0.1) is 0 Å². The van der Waals surface area contributed by atoms with Gasteiger partial charge >= 0.3 is 0 Å². The highest BCUT2D eigenvalue weighted by molar-refractivity contribution is 5.79. The van der Waals surface area contributed by atoms with E-state index < -0.39 is 0 Å². The smallest absolute Gasteiger partial charge is 0.191 e. The molecule has 0 saturated carbocycles. The van der Waals surface area contributed by atoms with Crippen molar-refractivity contribution in [2.45, 2.75) is 26.0 Å². The van der Waals surface area contributed by atoms with Gasteiger partial charge in [0.05, 0.1) is 6.10 Å². The van der Waals surface area contributed by atoms with Crippen molar-refractivity contribution in [3.63, 3.8) is 0 Å². The molecular formula is C24H32N4O. The van der Waals surface area contributed by atoms with Gasteiger partial charge in [-0.2, -0.15) is 0 Å². The molecule has 0 spiro atoms. The monoisotopic (exact) mass is 392 g/mol. The Labute approximate surface area is 174 Å². The lowest BCUT2D eigenvalue weighted by atomic mass is 10.1. The first-order valence-corrected chi connectivity index (χ1v) is 10.4. The van der Waals surface area contributed by atoms with Gasteiger partial charge in [-0.25, -0.2) is 0 Å². The Morgan fingerprint density at radius 1 is 1.07 bits per heavy atom. The molecule has 1 aliphatic rings. The molecule has 29 heavy (non-hydrogen) atoms. The quantitative estimate of drug-likeness (QED) is 0.294. The molecule has 3 rings (SSSR count). The van der Waals surface area contributed by atoms with Crippen LogP contribution in [0.2, 0.25) is 0 Å². The first kappa shape index (κ1) is 20.9. The van der Waals surface area contributed by atoms with E-state index in [0.717, 1.165) is 38.6 Å². The largest absolute Gasteiger partial charge is 0.374 e. The summed E-state index contributed by atoms with van der Waals surface area (Å²) in [5.41, 5.74) is 3.73. The number of nitrogens with one attached hydrogen (secondary N) is 2. The highest BCUT2D eigenvalue weighted by Crippen LogP contribution is 2.18. The second kappa shape index (κ2) is 11.3. The molecule has 0 amide bonds. The Morgan fingerprint density at radius 3 is 2.62 bits per heavy atom. The first-order chi connectivity index (χ1) is 14.3. The molecule has 1 heterocycles. The van der Waals surface area contributed by atoms with Gasteiger partial charge in [0.25, 0.3) is 0 Å². The van der Waals surface area contributed by atoms with Gasteiger partial charge in [0.15, 0.2) is 5.96 Å². The van der Waals surface area contributed by atoms with E-state index in [4.69, 9.17) is 4.74 Å². The number of benzene rings is 2. The number of hydrogen-bond acceptors (Lipinski definition) is 3. The summed E-state index contributed by atoms with van der Waals surface area (Å²) in [5, 5.41) is 6.75. The second-order valence-corrected chi connectivity index (χ2v) is 7.18. The molecule has 0 aromatic heterocycles. The van der Waals surface area contributed by atoms with Crippen molar-refractivity contribution >= 4 is 11.6 Å². The standard InChI is InChI=1S/C24H32N4O/c1-20(22-11-4-3-5-12-22)29-17-9-14-26-24(25-2)27-19-21-10-8-13-23(18-21)28-15-6-7-16-28/h3-8,10-13,18,20H,9,14-17,19H2,1-2H3,(H2,25,26,27). The van der Waals surface area contributed by atoms with E-state index in [0.29, 0.717) is 6.61 Å². The zero-order valence-corrected chi connectivity index (χ0v) is 17.5. The van der Waals surface area contributed by atoms with Crippen LogP contribution in [0, 0.1) is 0 Å². The summed E-state index contributed by atoms with van der Waals surface area (Å²) in [6, 6.07) is 19.0. The third-order valence-corrected chi connectivity index (χ3v) is 5.03. The minimum Gasteiger partial charge on any atom is -0.374 e. The number of guanidine groups is 1. The lowest BCUT2D eigenvalue weighted by Crippen LogP contribution is -2.37. The molecule has 2 aromatic rings. The third-order valence-electron chi connectivity index (χ3n) is 5.03. The number of nitrogens with zero attached hydrogens (tertiary/aromatic N) is 2. The zero-order valence-electron chi connectivity index (χ0n) is 17.5. The molecule has 0 radical (unpaired) electrons.